The fraction of sp³-hybridized carbons (Fsp3) is 0.391. The van der Waals surface area contributed by atoms with E-state index in [1.807, 2.05) is 0 Å². The van der Waals surface area contributed by atoms with Gasteiger partial charge < -0.3 is 29.2 Å². The molecule has 0 radical (unpaired) electrons. The lowest BCUT2D eigenvalue weighted by atomic mass is 10.1. The number of carbonyl (C=O) groups is 2. The third kappa shape index (κ3) is 5.23. The highest BCUT2D eigenvalue weighted by molar-refractivity contribution is 5.96. The van der Waals surface area contributed by atoms with E-state index in [2.05, 4.69) is 10.2 Å². The molecule has 3 rings (SSSR count). The second-order valence-corrected chi connectivity index (χ2v) is 7.22. The number of rotatable bonds is 8. The molecule has 0 unspecified atom stereocenters. The fourth-order valence-electron chi connectivity index (χ4n) is 3.55. The third-order valence-electron chi connectivity index (χ3n) is 5.37. The van der Waals surface area contributed by atoms with E-state index >= 15 is 0 Å². The van der Waals surface area contributed by atoms with Gasteiger partial charge in [0.05, 0.1) is 35.1 Å². The van der Waals surface area contributed by atoms with Crippen molar-refractivity contribution < 1.29 is 28.5 Å². The highest BCUT2D eigenvalue weighted by atomic mass is 16.5. The number of amides is 2. The van der Waals surface area contributed by atoms with Crippen LogP contribution in [-0.2, 0) is 0 Å². The van der Waals surface area contributed by atoms with E-state index in [0.29, 0.717) is 67.0 Å². The first kappa shape index (κ1) is 23.2. The summed E-state index contributed by atoms with van der Waals surface area (Å²) in [4.78, 5) is 29.3. The van der Waals surface area contributed by atoms with E-state index in [1.165, 1.54) is 21.3 Å². The molecule has 2 aromatic rings. The molecule has 0 bridgehead atoms. The van der Waals surface area contributed by atoms with Crippen molar-refractivity contribution in [1.82, 2.24) is 15.1 Å². The molecule has 2 amide bonds. The molecule has 32 heavy (non-hydrogen) atoms. The second-order valence-electron chi connectivity index (χ2n) is 7.22. The predicted octanol–water partition coefficient (Wildman–Crippen LogP) is 1.87. The molecule has 1 heterocycles. The number of methoxy groups -OCH3 is 4. The van der Waals surface area contributed by atoms with E-state index < -0.39 is 0 Å². The molecular formula is C23H29N3O6. The molecule has 9 heteroatoms. The topological polar surface area (TPSA) is 89.6 Å². The summed E-state index contributed by atoms with van der Waals surface area (Å²) < 4.78 is 21.2. The van der Waals surface area contributed by atoms with E-state index in [9.17, 15) is 9.59 Å². The minimum absolute atomic E-state index is 0.107. The molecule has 172 valence electrons. The monoisotopic (exact) mass is 443 g/mol. The standard InChI is InChI=1S/C23H29N3O6/c1-29-18-7-5-6-16(12-18)22(27)24-15-25-8-10-26(11-9-25)23(28)17-13-19(30-2)21(32-4)20(14-17)31-3/h5-7,12-14H,8-11,15H2,1-4H3,(H,24,27). The maximum absolute atomic E-state index is 13.0. The van der Waals surface area contributed by atoms with Crippen molar-refractivity contribution in [3.05, 3.63) is 47.5 Å². The van der Waals surface area contributed by atoms with E-state index in [1.54, 1.807) is 48.4 Å². The minimum atomic E-state index is -0.167. The Morgan fingerprint density at radius 2 is 1.50 bits per heavy atom. The van der Waals surface area contributed by atoms with Gasteiger partial charge in [-0.3, -0.25) is 14.5 Å². The summed E-state index contributed by atoms with van der Waals surface area (Å²) in [7, 11) is 6.12. The largest absolute Gasteiger partial charge is 0.497 e. The van der Waals surface area contributed by atoms with Crippen LogP contribution in [0.3, 0.4) is 0 Å². The summed E-state index contributed by atoms with van der Waals surface area (Å²) in [5.41, 5.74) is 1.01. The Hall–Kier alpha value is -3.46. The van der Waals surface area contributed by atoms with Crippen molar-refractivity contribution in [3.8, 4) is 23.0 Å². The van der Waals surface area contributed by atoms with Gasteiger partial charge in [0.15, 0.2) is 11.5 Å². The Balaban J connectivity index is 1.56. The van der Waals surface area contributed by atoms with E-state index in [4.69, 9.17) is 18.9 Å². The van der Waals surface area contributed by atoms with Crippen molar-refractivity contribution in [1.29, 1.82) is 0 Å². The van der Waals surface area contributed by atoms with Gasteiger partial charge in [0, 0.05) is 37.3 Å². The molecule has 2 aromatic carbocycles. The molecule has 1 N–H and O–H groups in total. The van der Waals surface area contributed by atoms with Crippen LogP contribution in [0.2, 0.25) is 0 Å². The van der Waals surface area contributed by atoms with Gasteiger partial charge in [-0.05, 0) is 30.3 Å². The van der Waals surface area contributed by atoms with Crippen LogP contribution in [0.1, 0.15) is 20.7 Å². The van der Waals surface area contributed by atoms with Crippen molar-refractivity contribution in [2.45, 2.75) is 0 Å². The zero-order valence-corrected chi connectivity index (χ0v) is 18.8. The SMILES string of the molecule is COc1cccc(C(=O)NCN2CCN(C(=O)c3cc(OC)c(OC)c(OC)c3)CC2)c1. The van der Waals surface area contributed by atoms with E-state index in [-0.39, 0.29) is 11.8 Å². The maximum Gasteiger partial charge on any atom is 0.254 e. The zero-order chi connectivity index (χ0) is 23.1. The Labute approximate surface area is 187 Å². The van der Waals surface area contributed by atoms with Gasteiger partial charge in [0.25, 0.3) is 11.8 Å². The fourth-order valence-corrected chi connectivity index (χ4v) is 3.55. The van der Waals surface area contributed by atoms with Gasteiger partial charge in [-0.15, -0.1) is 0 Å². The molecule has 1 fully saturated rings. The zero-order valence-electron chi connectivity index (χ0n) is 18.8. The van der Waals surface area contributed by atoms with Crippen LogP contribution in [0.25, 0.3) is 0 Å². The van der Waals surface area contributed by atoms with Crippen molar-refractivity contribution >= 4 is 11.8 Å². The number of ether oxygens (including phenoxy) is 4. The Morgan fingerprint density at radius 1 is 0.844 bits per heavy atom. The first-order chi connectivity index (χ1) is 15.5. The maximum atomic E-state index is 13.0. The van der Waals surface area contributed by atoms with Crippen molar-refractivity contribution in [3.63, 3.8) is 0 Å². The molecule has 0 spiro atoms. The number of nitrogens with zero attached hydrogens (tertiary/aromatic N) is 2. The molecule has 0 aliphatic carbocycles. The lowest BCUT2D eigenvalue weighted by Gasteiger charge is -2.34. The van der Waals surface area contributed by atoms with Gasteiger partial charge in [0.2, 0.25) is 5.75 Å². The van der Waals surface area contributed by atoms with Gasteiger partial charge in [-0.2, -0.15) is 0 Å². The van der Waals surface area contributed by atoms with Gasteiger partial charge in [-0.25, -0.2) is 0 Å². The van der Waals surface area contributed by atoms with Gasteiger partial charge >= 0.3 is 0 Å². The van der Waals surface area contributed by atoms with Crippen molar-refractivity contribution in [2.75, 3.05) is 61.3 Å². The average Bonchev–Trinajstić information content (AvgIpc) is 2.86. The van der Waals surface area contributed by atoms with Gasteiger partial charge in [-0.1, -0.05) is 6.07 Å². The number of hydrogen-bond acceptors (Lipinski definition) is 7. The summed E-state index contributed by atoms with van der Waals surface area (Å²) in [6.07, 6.45) is 0. The highest BCUT2D eigenvalue weighted by Crippen LogP contribution is 2.38. The summed E-state index contributed by atoms with van der Waals surface area (Å²) in [6.45, 7) is 2.79. The molecule has 1 saturated heterocycles. The average molecular weight is 444 g/mol. The Morgan fingerprint density at radius 3 is 2.06 bits per heavy atom. The summed E-state index contributed by atoms with van der Waals surface area (Å²) in [5, 5.41) is 2.92. The molecule has 0 atom stereocenters. The number of hydrogen-bond donors (Lipinski definition) is 1. The molecule has 1 aliphatic rings. The van der Waals surface area contributed by atoms with Gasteiger partial charge in [0.1, 0.15) is 5.75 Å². The van der Waals surface area contributed by atoms with E-state index in [0.717, 1.165) is 0 Å². The van der Waals surface area contributed by atoms with Crippen molar-refractivity contribution in [2.24, 2.45) is 0 Å². The minimum Gasteiger partial charge on any atom is -0.497 e. The number of benzene rings is 2. The molecule has 9 nitrogen and oxygen atoms in total. The molecule has 1 aliphatic heterocycles. The van der Waals surface area contributed by atoms with Crippen LogP contribution in [0.4, 0.5) is 0 Å². The van der Waals surface area contributed by atoms with Crippen LogP contribution in [0.15, 0.2) is 36.4 Å². The Kier molecular flexibility index (Phi) is 7.77. The predicted molar refractivity (Wildman–Crippen MR) is 119 cm³/mol. The smallest absolute Gasteiger partial charge is 0.254 e. The summed E-state index contributed by atoms with van der Waals surface area (Å²) in [5.74, 6) is 1.69. The number of piperazine rings is 1. The molecule has 0 aromatic heterocycles. The summed E-state index contributed by atoms with van der Waals surface area (Å²) in [6, 6.07) is 10.3. The van der Waals surface area contributed by atoms with Crippen LogP contribution >= 0.6 is 0 Å². The normalized spacial score (nSPS) is 13.9. The number of nitrogens with one attached hydrogen (secondary N) is 1. The van der Waals surface area contributed by atoms with Crippen LogP contribution in [0.5, 0.6) is 23.0 Å². The third-order valence-corrected chi connectivity index (χ3v) is 5.37. The first-order valence-corrected chi connectivity index (χ1v) is 10.2. The highest BCUT2D eigenvalue weighted by Gasteiger charge is 2.25. The Bertz CT molecular complexity index is 931. The summed E-state index contributed by atoms with van der Waals surface area (Å²) >= 11 is 0. The second kappa shape index (κ2) is 10.7. The lowest BCUT2D eigenvalue weighted by Crippen LogP contribution is -2.51. The lowest BCUT2D eigenvalue weighted by molar-refractivity contribution is 0.0613. The first-order valence-electron chi connectivity index (χ1n) is 10.2. The molecular weight excluding hydrogens is 414 g/mol. The van der Waals surface area contributed by atoms with Crippen LogP contribution in [-0.4, -0.2) is 82.9 Å². The van der Waals surface area contributed by atoms with Crippen LogP contribution < -0.4 is 24.3 Å². The number of carbonyl (C=O) groups excluding carboxylic acids is 2. The van der Waals surface area contributed by atoms with Crippen LogP contribution in [0, 0.1) is 0 Å². The molecule has 0 saturated carbocycles. The quantitative estimate of drug-likeness (QED) is 0.666.